The van der Waals surface area contributed by atoms with Crippen LogP contribution in [0.1, 0.15) is 27.3 Å². The zero-order valence-corrected chi connectivity index (χ0v) is 19.4. The van der Waals surface area contributed by atoms with Crippen molar-refractivity contribution < 1.29 is 19.0 Å². The molecule has 0 aliphatic rings. The van der Waals surface area contributed by atoms with Gasteiger partial charge in [0.15, 0.2) is 11.5 Å². The third-order valence-corrected chi connectivity index (χ3v) is 5.57. The van der Waals surface area contributed by atoms with E-state index in [0.29, 0.717) is 29.4 Å². The van der Waals surface area contributed by atoms with Crippen LogP contribution in [0.15, 0.2) is 54.6 Å². The van der Waals surface area contributed by atoms with Crippen molar-refractivity contribution in [3.63, 3.8) is 0 Å². The van der Waals surface area contributed by atoms with Crippen LogP contribution in [0.3, 0.4) is 0 Å². The van der Waals surface area contributed by atoms with Gasteiger partial charge >= 0.3 is 0 Å². The fraction of sp³-hybridized carbons (Fsp3) is 0.231. The second-order valence-electron chi connectivity index (χ2n) is 7.75. The number of hydrogen-bond donors (Lipinski definition) is 1. The van der Waals surface area contributed by atoms with Gasteiger partial charge in [-0.1, -0.05) is 29.8 Å². The average molecular weight is 446 g/mol. The number of nitrogens with zero attached hydrogens (tertiary/aromatic N) is 2. The quantitative estimate of drug-likeness (QED) is 0.450. The highest BCUT2D eigenvalue weighted by Crippen LogP contribution is 2.40. The Balaban J connectivity index is 1.65. The van der Waals surface area contributed by atoms with Gasteiger partial charge in [-0.2, -0.15) is 0 Å². The summed E-state index contributed by atoms with van der Waals surface area (Å²) in [6.45, 7) is 4.42. The number of benzene rings is 3. The fourth-order valence-electron chi connectivity index (χ4n) is 3.85. The molecule has 1 N–H and O–H groups in total. The molecule has 0 bridgehead atoms. The van der Waals surface area contributed by atoms with E-state index in [1.807, 2.05) is 66.9 Å². The van der Waals surface area contributed by atoms with Crippen LogP contribution in [0.4, 0.5) is 0 Å². The average Bonchev–Trinajstić information content (AvgIpc) is 3.17. The van der Waals surface area contributed by atoms with Crippen LogP contribution in [-0.4, -0.2) is 36.8 Å². The van der Waals surface area contributed by atoms with Crippen molar-refractivity contribution in [2.75, 3.05) is 21.3 Å². The summed E-state index contributed by atoms with van der Waals surface area (Å²) in [4.78, 5) is 17.4. The monoisotopic (exact) mass is 445 g/mol. The van der Waals surface area contributed by atoms with E-state index in [2.05, 4.69) is 10.3 Å². The second-order valence-corrected chi connectivity index (χ2v) is 7.75. The van der Waals surface area contributed by atoms with Crippen molar-refractivity contribution in [1.82, 2.24) is 14.9 Å². The molecule has 3 aromatic carbocycles. The van der Waals surface area contributed by atoms with Gasteiger partial charge in [0.1, 0.15) is 5.82 Å². The Morgan fingerprint density at radius 1 is 0.909 bits per heavy atom. The SMILES string of the molecule is COc1cc(-n2c(C)nc3cc(C(=O)NCc4ccc(C)cc4)ccc32)cc(OC)c1OC. The number of aryl methyl sites for hydroxylation is 2. The predicted octanol–water partition coefficient (Wildman–Crippen LogP) is 4.60. The van der Waals surface area contributed by atoms with E-state index in [0.717, 1.165) is 28.1 Å². The Hall–Kier alpha value is -4.00. The van der Waals surface area contributed by atoms with Crippen molar-refractivity contribution in [1.29, 1.82) is 0 Å². The number of aromatic nitrogens is 2. The lowest BCUT2D eigenvalue weighted by atomic mass is 10.1. The van der Waals surface area contributed by atoms with E-state index >= 15 is 0 Å². The Morgan fingerprint density at radius 2 is 1.58 bits per heavy atom. The molecular weight excluding hydrogens is 418 g/mol. The summed E-state index contributed by atoms with van der Waals surface area (Å²) >= 11 is 0. The van der Waals surface area contributed by atoms with Gasteiger partial charge in [-0.25, -0.2) is 4.98 Å². The van der Waals surface area contributed by atoms with Crippen molar-refractivity contribution >= 4 is 16.9 Å². The molecule has 33 heavy (non-hydrogen) atoms. The molecule has 1 amide bonds. The maximum absolute atomic E-state index is 12.7. The molecule has 0 saturated heterocycles. The third kappa shape index (κ3) is 4.35. The molecule has 1 heterocycles. The molecule has 0 atom stereocenters. The highest BCUT2D eigenvalue weighted by molar-refractivity contribution is 5.97. The predicted molar refractivity (Wildman–Crippen MR) is 128 cm³/mol. The van der Waals surface area contributed by atoms with E-state index in [1.54, 1.807) is 27.4 Å². The number of amides is 1. The topological polar surface area (TPSA) is 74.6 Å². The molecular formula is C26H27N3O4. The van der Waals surface area contributed by atoms with Crippen LogP contribution in [-0.2, 0) is 6.54 Å². The van der Waals surface area contributed by atoms with Crippen LogP contribution in [0.5, 0.6) is 17.2 Å². The van der Waals surface area contributed by atoms with Gasteiger partial charge in [0.2, 0.25) is 5.75 Å². The van der Waals surface area contributed by atoms with Crippen LogP contribution < -0.4 is 19.5 Å². The standard InChI is InChI=1S/C26H27N3O4/c1-16-6-8-18(9-7-16)15-27-26(30)19-10-11-22-21(12-19)28-17(2)29(22)20-13-23(31-3)25(33-5)24(14-20)32-4/h6-14H,15H2,1-5H3,(H,27,30). The van der Waals surface area contributed by atoms with Crippen LogP contribution >= 0.6 is 0 Å². The van der Waals surface area contributed by atoms with Crippen LogP contribution in [0.2, 0.25) is 0 Å². The molecule has 0 aliphatic carbocycles. The molecule has 1 aromatic heterocycles. The van der Waals surface area contributed by atoms with Crippen LogP contribution in [0, 0.1) is 13.8 Å². The minimum atomic E-state index is -0.141. The maximum atomic E-state index is 12.7. The van der Waals surface area contributed by atoms with Gasteiger partial charge in [0.05, 0.1) is 38.1 Å². The zero-order chi connectivity index (χ0) is 23.5. The molecule has 4 rings (SSSR count). The Bertz CT molecular complexity index is 1280. The van der Waals surface area contributed by atoms with Gasteiger partial charge in [-0.15, -0.1) is 0 Å². The highest BCUT2D eigenvalue weighted by Gasteiger charge is 2.18. The van der Waals surface area contributed by atoms with Crippen molar-refractivity contribution in [3.8, 4) is 22.9 Å². The van der Waals surface area contributed by atoms with Crippen molar-refractivity contribution in [3.05, 3.63) is 77.1 Å². The lowest BCUT2D eigenvalue weighted by Gasteiger charge is -2.15. The number of carbonyl (C=O) groups is 1. The Kier molecular flexibility index (Phi) is 6.22. The molecule has 0 unspecified atom stereocenters. The zero-order valence-electron chi connectivity index (χ0n) is 19.4. The van der Waals surface area contributed by atoms with E-state index in [9.17, 15) is 4.79 Å². The first-order valence-electron chi connectivity index (χ1n) is 10.6. The summed E-state index contributed by atoms with van der Waals surface area (Å²) in [6, 6.07) is 17.4. The number of fused-ring (bicyclic) bond motifs is 1. The summed E-state index contributed by atoms with van der Waals surface area (Å²) in [7, 11) is 4.74. The summed E-state index contributed by atoms with van der Waals surface area (Å²) < 4.78 is 18.4. The van der Waals surface area contributed by atoms with Gasteiger partial charge in [-0.05, 0) is 37.6 Å². The number of rotatable bonds is 7. The first kappa shape index (κ1) is 22.2. The van der Waals surface area contributed by atoms with Crippen molar-refractivity contribution in [2.45, 2.75) is 20.4 Å². The molecule has 7 heteroatoms. The second kappa shape index (κ2) is 9.24. The summed E-state index contributed by atoms with van der Waals surface area (Å²) in [5, 5.41) is 2.97. The smallest absolute Gasteiger partial charge is 0.251 e. The first-order valence-corrected chi connectivity index (χ1v) is 10.6. The van der Waals surface area contributed by atoms with E-state index in [1.165, 1.54) is 5.56 Å². The van der Waals surface area contributed by atoms with Gasteiger partial charge in [0, 0.05) is 24.2 Å². The number of ether oxygens (including phenoxy) is 3. The minimum absolute atomic E-state index is 0.141. The Morgan fingerprint density at radius 3 is 2.18 bits per heavy atom. The van der Waals surface area contributed by atoms with Crippen molar-refractivity contribution in [2.24, 2.45) is 0 Å². The number of imidazole rings is 1. The lowest BCUT2D eigenvalue weighted by Crippen LogP contribution is -2.22. The molecule has 4 aromatic rings. The number of nitrogens with one attached hydrogen (secondary N) is 1. The highest BCUT2D eigenvalue weighted by atomic mass is 16.5. The van der Waals surface area contributed by atoms with Crippen LogP contribution in [0.25, 0.3) is 16.7 Å². The summed E-state index contributed by atoms with van der Waals surface area (Å²) in [5.41, 5.74) is 5.22. The van der Waals surface area contributed by atoms with E-state index < -0.39 is 0 Å². The molecule has 0 saturated carbocycles. The molecule has 0 spiro atoms. The molecule has 0 radical (unpaired) electrons. The van der Waals surface area contributed by atoms with Gasteiger partial charge < -0.3 is 19.5 Å². The largest absolute Gasteiger partial charge is 0.493 e. The maximum Gasteiger partial charge on any atom is 0.251 e. The molecule has 170 valence electrons. The summed E-state index contributed by atoms with van der Waals surface area (Å²) in [5.74, 6) is 2.27. The Labute approximate surface area is 192 Å². The summed E-state index contributed by atoms with van der Waals surface area (Å²) in [6.07, 6.45) is 0. The number of carbonyl (C=O) groups excluding carboxylic acids is 1. The number of hydrogen-bond acceptors (Lipinski definition) is 5. The normalized spacial score (nSPS) is 10.8. The third-order valence-electron chi connectivity index (χ3n) is 5.57. The molecule has 7 nitrogen and oxygen atoms in total. The molecule has 0 fully saturated rings. The van der Waals surface area contributed by atoms with Gasteiger partial charge in [0.25, 0.3) is 5.91 Å². The van der Waals surface area contributed by atoms with E-state index in [4.69, 9.17) is 14.2 Å². The van der Waals surface area contributed by atoms with Gasteiger partial charge in [-0.3, -0.25) is 9.36 Å². The minimum Gasteiger partial charge on any atom is -0.493 e. The lowest BCUT2D eigenvalue weighted by molar-refractivity contribution is 0.0951. The van der Waals surface area contributed by atoms with E-state index in [-0.39, 0.29) is 5.91 Å². The fourth-order valence-corrected chi connectivity index (χ4v) is 3.85. The molecule has 0 aliphatic heterocycles. The number of methoxy groups -OCH3 is 3. The first-order chi connectivity index (χ1) is 15.9.